The van der Waals surface area contributed by atoms with Crippen molar-refractivity contribution in [2.75, 3.05) is 11.5 Å². The normalized spacial score (nSPS) is 13.2. The van der Waals surface area contributed by atoms with Crippen LogP contribution in [0.25, 0.3) is 0 Å². The topological polar surface area (TPSA) is 43.1 Å². The predicted molar refractivity (Wildman–Crippen MR) is 36.7 cm³/mol. The summed E-state index contributed by atoms with van der Waals surface area (Å²) in [4.78, 5) is 9.75. The first kappa shape index (κ1) is 7.98. The fraction of sp³-hybridized carbons (Fsp3) is 0.800. The zero-order chi connectivity index (χ0) is 6.41. The molecule has 0 aliphatic rings. The molecule has 0 rings (SSSR count). The third-order valence-electron chi connectivity index (χ3n) is 0.653. The SMILES string of the molecule is CCSCC(N)[C]=O. The zero-order valence-electron chi connectivity index (χ0n) is 4.89. The van der Waals surface area contributed by atoms with Crippen LogP contribution in [0.15, 0.2) is 0 Å². The van der Waals surface area contributed by atoms with Gasteiger partial charge in [-0.25, -0.2) is 0 Å². The van der Waals surface area contributed by atoms with Gasteiger partial charge in [0.2, 0.25) is 6.29 Å². The molecule has 2 N–H and O–H groups in total. The van der Waals surface area contributed by atoms with Gasteiger partial charge < -0.3 is 5.73 Å². The number of rotatable bonds is 4. The van der Waals surface area contributed by atoms with Crippen LogP contribution in [0.1, 0.15) is 6.92 Å². The summed E-state index contributed by atoms with van der Waals surface area (Å²) < 4.78 is 0. The molecular weight excluding hydrogens is 122 g/mol. The average Bonchev–Trinajstić information content (AvgIpc) is 1.83. The van der Waals surface area contributed by atoms with Crippen molar-refractivity contribution in [2.24, 2.45) is 5.73 Å². The minimum atomic E-state index is -0.389. The molecule has 0 aromatic heterocycles. The van der Waals surface area contributed by atoms with Gasteiger partial charge in [0, 0.05) is 5.75 Å². The van der Waals surface area contributed by atoms with Crippen LogP contribution < -0.4 is 5.73 Å². The molecule has 1 atom stereocenters. The van der Waals surface area contributed by atoms with Crippen LogP contribution in [-0.2, 0) is 4.79 Å². The molecule has 0 heterocycles. The maximum absolute atomic E-state index is 9.75. The lowest BCUT2D eigenvalue weighted by molar-refractivity contribution is 0.546. The highest BCUT2D eigenvalue weighted by Gasteiger charge is 1.97. The number of thioether (sulfide) groups is 1. The summed E-state index contributed by atoms with van der Waals surface area (Å²) in [5.74, 6) is 1.70. The van der Waals surface area contributed by atoms with E-state index in [0.717, 1.165) is 5.75 Å². The van der Waals surface area contributed by atoms with Crippen LogP contribution in [0.5, 0.6) is 0 Å². The van der Waals surface area contributed by atoms with Gasteiger partial charge >= 0.3 is 0 Å². The molecule has 0 saturated carbocycles. The van der Waals surface area contributed by atoms with Crippen molar-refractivity contribution >= 4 is 18.0 Å². The maximum Gasteiger partial charge on any atom is 0.217 e. The summed E-state index contributed by atoms with van der Waals surface area (Å²) in [5.41, 5.74) is 5.21. The Morgan fingerprint density at radius 1 is 1.88 bits per heavy atom. The van der Waals surface area contributed by atoms with Gasteiger partial charge in [0.05, 0.1) is 6.04 Å². The molecule has 0 aliphatic carbocycles. The van der Waals surface area contributed by atoms with E-state index in [-0.39, 0.29) is 6.04 Å². The number of nitrogens with two attached hydrogens (primary N) is 1. The first-order valence-electron chi connectivity index (χ1n) is 2.52. The molecule has 1 unspecified atom stereocenters. The summed E-state index contributed by atoms with van der Waals surface area (Å²) in [6, 6.07) is -0.389. The third-order valence-corrected chi connectivity index (χ3v) is 1.66. The Kier molecular flexibility index (Phi) is 5.11. The van der Waals surface area contributed by atoms with Crippen LogP contribution in [0.2, 0.25) is 0 Å². The summed E-state index contributed by atoms with van der Waals surface area (Å²) in [6.45, 7) is 2.03. The van der Waals surface area contributed by atoms with Crippen molar-refractivity contribution in [1.82, 2.24) is 0 Å². The minimum absolute atomic E-state index is 0.389. The maximum atomic E-state index is 9.75. The van der Waals surface area contributed by atoms with E-state index < -0.39 is 0 Å². The highest BCUT2D eigenvalue weighted by Crippen LogP contribution is 1.97. The molecule has 1 radical (unpaired) electrons. The van der Waals surface area contributed by atoms with E-state index in [1.165, 1.54) is 0 Å². The van der Waals surface area contributed by atoms with Crippen LogP contribution in [0.4, 0.5) is 0 Å². The van der Waals surface area contributed by atoms with Crippen molar-refractivity contribution in [3.05, 3.63) is 0 Å². The quantitative estimate of drug-likeness (QED) is 0.593. The molecule has 0 aromatic rings. The van der Waals surface area contributed by atoms with E-state index in [0.29, 0.717) is 5.75 Å². The van der Waals surface area contributed by atoms with Gasteiger partial charge in [-0.2, -0.15) is 11.8 Å². The number of hydrogen-bond acceptors (Lipinski definition) is 3. The molecule has 0 aliphatic heterocycles. The lowest BCUT2D eigenvalue weighted by atomic mass is 10.4. The van der Waals surface area contributed by atoms with Crippen molar-refractivity contribution in [2.45, 2.75) is 13.0 Å². The van der Waals surface area contributed by atoms with Gasteiger partial charge in [-0.1, -0.05) is 6.92 Å². The Morgan fingerprint density at radius 2 is 2.50 bits per heavy atom. The van der Waals surface area contributed by atoms with Gasteiger partial charge in [0.15, 0.2) is 0 Å². The van der Waals surface area contributed by atoms with Crippen molar-refractivity contribution in [3.63, 3.8) is 0 Å². The molecule has 47 valence electrons. The van der Waals surface area contributed by atoms with Gasteiger partial charge in [-0.3, -0.25) is 4.79 Å². The average molecular weight is 132 g/mol. The van der Waals surface area contributed by atoms with E-state index >= 15 is 0 Å². The van der Waals surface area contributed by atoms with Crippen LogP contribution in [0.3, 0.4) is 0 Å². The molecular formula is C5H10NOS. The Hall–Kier alpha value is -0.0200. The standard InChI is InChI=1S/C5H10NOS/c1-2-8-4-5(6)3-7/h5H,2,4,6H2,1H3. The summed E-state index contributed by atoms with van der Waals surface area (Å²) in [5, 5.41) is 0. The molecule has 0 aromatic carbocycles. The van der Waals surface area contributed by atoms with Gasteiger partial charge in [-0.05, 0) is 5.75 Å². The summed E-state index contributed by atoms with van der Waals surface area (Å²) in [7, 11) is 0. The lowest BCUT2D eigenvalue weighted by Gasteiger charge is -1.97. The van der Waals surface area contributed by atoms with Crippen molar-refractivity contribution in [1.29, 1.82) is 0 Å². The first-order valence-corrected chi connectivity index (χ1v) is 3.67. The Balaban J connectivity index is 2.98. The first-order chi connectivity index (χ1) is 3.81. The van der Waals surface area contributed by atoms with E-state index in [1.807, 2.05) is 6.92 Å². The minimum Gasteiger partial charge on any atom is -0.320 e. The van der Waals surface area contributed by atoms with Gasteiger partial charge in [0.25, 0.3) is 0 Å². The van der Waals surface area contributed by atoms with Gasteiger partial charge in [-0.15, -0.1) is 0 Å². The highest BCUT2D eigenvalue weighted by molar-refractivity contribution is 7.99. The van der Waals surface area contributed by atoms with Gasteiger partial charge in [0.1, 0.15) is 0 Å². The fourth-order valence-corrected chi connectivity index (χ4v) is 0.837. The molecule has 2 nitrogen and oxygen atoms in total. The summed E-state index contributed by atoms with van der Waals surface area (Å²) in [6.07, 6.45) is 1.71. The molecule has 0 saturated heterocycles. The Bertz CT molecular complexity index is 67.4. The lowest BCUT2D eigenvalue weighted by Crippen LogP contribution is -2.24. The second-order valence-electron chi connectivity index (χ2n) is 1.38. The van der Waals surface area contributed by atoms with E-state index in [9.17, 15) is 4.79 Å². The zero-order valence-corrected chi connectivity index (χ0v) is 5.70. The second kappa shape index (κ2) is 5.12. The number of hydrogen-bond donors (Lipinski definition) is 1. The van der Waals surface area contributed by atoms with Crippen molar-refractivity contribution in [3.8, 4) is 0 Å². The molecule has 0 fully saturated rings. The molecule has 0 bridgehead atoms. The van der Waals surface area contributed by atoms with Crippen molar-refractivity contribution < 1.29 is 4.79 Å². The monoisotopic (exact) mass is 132 g/mol. The Labute approximate surface area is 53.8 Å². The highest BCUT2D eigenvalue weighted by atomic mass is 32.2. The van der Waals surface area contributed by atoms with Crippen LogP contribution in [0, 0.1) is 0 Å². The van der Waals surface area contributed by atoms with Crippen LogP contribution in [-0.4, -0.2) is 23.8 Å². The third kappa shape index (κ3) is 4.15. The van der Waals surface area contributed by atoms with E-state index in [4.69, 9.17) is 5.73 Å². The predicted octanol–water partition coefficient (Wildman–Crippen LogP) is 0.176. The molecule has 3 heteroatoms. The summed E-state index contributed by atoms with van der Waals surface area (Å²) >= 11 is 1.65. The fourth-order valence-electron chi connectivity index (χ4n) is 0.279. The molecule has 0 spiro atoms. The van der Waals surface area contributed by atoms with E-state index in [2.05, 4.69) is 0 Å². The number of carbonyl (C=O) groups excluding carboxylic acids is 1. The molecule has 0 amide bonds. The smallest absolute Gasteiger partial charge is 0.217 e. The second-order valence-corrected chi connectivity index (χ2v) is 2.70. The van der Waals surface area contributed by atoms with Crippen LogP contribution >= 0.6 is 11.8 Å². The Morgan fingerprint density at radius 3 is 2.88 bits per heavy atom. The van der Waals surface area contributed by atoms with E-state index in [1.54, 1.807) is 18.0 Å². The molecule has 8 heavy (non-hydrogen) atoms. The largest absolute Gasteiger partial charge is 0.320 e.